The van der Waals surface area contributed by atoms with Gasteiger partial charge >= 0.3 is 17.9 Å². The second-order valence-electron chi connectivity index (χ2n) is 12.9. The Kier molecular flexibility index (Phi) is 19.6. The number of aliphatic carboxylic acids is 3. The molecule has 6 atom stereocenters. The number of carbonyl (C=O) groups excluding carboxylic acids is 5. The SMILES string of the molecule is CC(C)C[C@H](NC(=O)[C@H](CO)NC(=O)[C@H](CC(C)C)NC(=O)[C@H](CCC(=O)O)NC(=O)[C@H](CC(C)C)NC(=O)[C@@H](N)CC(=O)O)C(=O)O. The van der Waals surface area contributed by atoms with Gasteiger partial charge in [-0.3, -0.25) is 33.6 Å². The first-order valence-electron chi connectivity index (χ1n) is 15.7. The van der Waals surface area contributed by atoms with Crippen molar-refractivity contribution in [2.45, 2.75) is 116 Å². The molecule has 0 unspecified atom stereocenters. The Morgan fingerprint density at radius 2 is 0.875 bits per heavy atom. The highest BCUT2D eigenvalue weighted by atomic mass is 16.4. The summed E-state index contributed by atoms with van der Waals surface area (Å²) >= 11 is 0. The smallest absolute Gasteiger partial charge is 0.326 e. The largest absolute Gasteiger partial charge is 0.481 e. The van der Waals surface area contributed by atoms with Gasteiger partial charge in [-0.1, -0.05) is 41.5 Å². The van der Waals surface area contributed by atoms with E-state index in [2.05, 4.69) is 26.6 Å². The molecule has 0 aliphatic rings. The standard InChI is InChI=1S/C30H52N6O12/c1-14(2)9-19(33-25(42)17(31)12-24(40)41)27(44)32-18(7-8-23(38)39)26(43)34-20(10-15(3)4)28(45)36-22(13-37)29(46)35-21(30(47)48)11-16(5)6/h14-22,37H,7-13,31H2,1-6H3,(H,32,44)(H,33,42)(H,34,43)(H,35,46)(H,36,45)(H,38,39)(H,40,41)(H,47,48)/t17-,18-,19-,20-,21-,22-/m0/s1. The molecule has 5 amide bonds. The number of nitrogens with one attached hydrogen (secondary N) is 5. The lowest BCUT2D eigenvalue weighted by molar-refractivity contribution is -0.143. The fourth-order valence-electron chi connectivity index (χ4n) is 4.48. The van der Waals surface area contributed by atoms with E-state index in [1.54, 1.807) is 41.5 Å². The molecule has 0 saturated heterocycles. The van der Waals surface area contributed by atoms with Gasteiger partial charge < -0.3 is 52.7 Å². The van der Waals surface area contributed by atoms with Crippen LogP contribution in [-0.2, 0) is 38.4 Å². The van der Waals surface area contributed by atoms with Crippen LogP contribution in [0.3, 0.4) is 0 Å². The molecule has 0 heterocycles. The number of amides is 5. The number of aliphatic hydroxyl groups is 1. The molecule has 0 fully saturated rings. The van der Waals surface area contributed by atoms with E-state index in [1.165, 1.54) is 0 Å². The molecule has 0 aromatic rings. The first kappa shape index (κ1) is 43.7. The van der Waals surface area contributed by atoms with Crippen molar-refractivity contribution in [3.8, 4) is 0 Å². The minimum Gasteiger partial charge on any atom is -0.481 e. The van der Waals surface area contributed by atoms with Crippen LogP contribution in [0.2, 0.25) is 0 Å². The van der Waals surface area contributed by atoms with E-state index in [-0.39, 0.29) is 37.0 Å². The van der Waals surface area contributed by atoms with E-state index >= 15 is 0 Å². The predicted molar refractivity (Wildman–Crippen MR) is 170 cm³/mol. The lowest BCUT2D eigenvalue weighted by atomic mass is 10.00. The average molecular weight is 689 g/mol. The topological polar surface area (TPSA) is 304 Å². The maximum absolute atomic E-state index is 13.4. The number of hydrogen-bond donors (Lipinski definition) is 10. The van der Waals surface area contributed by atoms with Crippen LogP contribution in [0.15, 0.2) is 0 Å². The number of aliphatic hydroxyl groups excluding tert-OH is 1. The van der Waals surface area contributed by atoms with E-state index in [1.807, 2.05) is 0 Å². The highest BCUT2D eigenvalue weighted by Gasteiger charge is 2.33. The molecule has 48 heavy (non-hydrogen) atoms. The molecule has 11 N–H and O–H groups in total. The molecule has 274 valence electrons. The second-order valence-corrected chi connectivity index (χ2v) is 12.9. The molecule has 0 bridgehead atoms. The van der Waals surface area contributed by atoms with Crippen molar-refractivity contribution < 1.29 is 58.8 Å². The summed E-state index contributed by atoms with van der Waals surface area (Å²) in [6.45, 7) is 9.52. The summed E-state index contributed by atoms with van der Waals surface area (Å²) in [4.78, 5) is 99.1. The van der Waals surface area contributed by atoms with Crippen molar-refractivity contribution in [2.75, 3.05) is 6.61 Å². The Hall–Kier alpha value is -4.32. The summed E-state index contributed by atoms with van der Waals surface area (Å²) in [5.74, 6) is -9.08. The van der Waals surface area contributed by atoms with E-state index in [0.29, 0.717) is 0 Å². The predicted octanol–water partition coefficient (Wildman–Crippen LogP) is -1.71. The lowest BCUT2D eigenvalue weighted by Gasteiger charge is -2.27. The molecule has 0 saturated carbocycles. The fourth-order valence-corrected chi connectivity index (χ4v) is 4.48. The summed E-state index contributed by atoms with van der Waals surface area (Å²) in [5.41, 5.74) is 5.61. The normalized spacial score (nSPS) is 15.0. The molecule has 0 spiro atoms. The third kappa shape index (κ3) is 17.6. The Labute approximate surface area is 279 Å². The molecule has 0 aliphatic heterocycles. The van der Waals surface area contributed by atoms with E-state index in [4.69, 9.17) is 10.8 Å². The van der Waals surface area contributed by atoms with Crippen LogP contribution in [0.25, 0.3) is 0 Å². The van der Waals surface area contributed by atoms with Crippen molar-refractivity contribution in [3.63, 3.8) is 0 Å². The minimum absolute atomic E-state index is 0.00946. The van der Waals surface area contributed by atoms with Gasteiger partial charge in [-0.05, 0) is 43.4 Å². The Morgan fingerprint density at radius 1 is 0.521 bits per heavy atom. The first-order valence-corrected chi connectivity index (χ1v) is 15.7. The number of carboxylic acid groups (broad SMARTS) is 3. The van der Waals surface area contributed by atoms with E-state index < -0.39 is 110 Å². The van der Waals surface area contributed by atoms with E-state index in [0.717, 1.165) is 0 Å². The minimum atomic E-state index is -1.58. The Balaban J connectivity index is 6.05. The van der Waals surface area contributed by atoms with Gasteiger partial charge in [0.1, 0.15) is 30.2 Å². The number of carboxylic acids is 3. The summed E-state index contributed by atoms with van der Waals surface area (Å²) in [7, 11) is 0. The van der Waals surface area contributed by atoms with Crippen LogP contribution in [-0.4, -0.2) is 111 Å². The molecule has 0 aromatic carbocycles. The van der Waals surface area contributed by atoms with Gasteiger partial charge in [-0.25, -0.2) is 4.79 Å². The summed E-state index contributed by atoms with van der Waals surface area (Å²) in [6, 6.07) is -8.46. The Bertz CT molecular complexity index is 1150. The van der Waals surface area contributed by atoms with Crippen molar-refractivity contribution >= 4 is 47.4 Å². The zero-order chi connectivity index (χ0) is 37.3. The zero-order valence-corrected chi connectivity index (χ0v) is 28.3. The van der Waals surface area contributed by atoms with Crippen LogP contribution in [0.4, 0.5) is 0 Å². The summed E-state index contributed by atoms with van der Waals surface area (Å²) in [5, 5.41) is 49.2. The number of nitrogens with two attached hydrogens (primary N) is 1. The molecular formula is C30H52N6O12. The van der Waals surface area contributed by atoms with Gasteiger partial charge in [0.15, 0.2) is 0 Å². The van der Waals surface area contributed by atoms with Crippen LogP contribution in [0.1, 0.15) is 80.1 Å². The molecule has 0 radical (unpaired) electrons. The van der Waals surface area contributed by atoms with Crippen molar-refractivity contribution in [1.82, 2.24) is 26.6 Å². The van der Waals surface area contributed by atoms with Gasteiger partial charge in [0.05, 0.1) is 19.1 Å². The van der Waals surface area contributed by atoms with Gasteiger partial charge in [0.25, 0.3) is 0 Å². The fraction of sp³-hybridized carbons (Fsp3) is 0.733. The molecule has 0 rings (SSSR count). The van der Waals surface area contributed by atoms with Crippen LogP contribution >= 0.6 is 0 Å². The van der Waals surface area contributed by atoms with Gasteiger partial charge in [-0.2, -0.15) is 0 Å². The van der Waals surface area contributed by atoms with Gasteiger partial charge in [0, 0.05) is 6.42 Å². The van der Waals surface area contributed by atoms with Crippen molar-refractivity contribution in [3.05, 3.63) is 0 Å². The molecule has 18 heteroatoms. The van der Waals surface area contributed by atoms with Crippen LogP contribution < -0.4 is 32.3 Å². The van der Waals surface area contributed by atoms with Crippen molar-refractivity contribution in [1.29, 1.82) is 0 Å². The summed E-state index contributed by atoms with van der Waals surface area (Å²) in [6.07, 6.45) is -1.56. The first-order chi connectivity index (χ1) is 22.2. The van der Waals surface area contributed by atoms with Gasteiger partial charge in [-0.15, -0.1) is 0 Å². The zero-order valence-electron chi connectivity index (χ0n) is 28.3. The second kappa shape index (κ2) is 21.5. The van der Waals surface area contributed by atoms with Crippen LogP contribution in [0.5, 0.6) is 0 Å². The average Bonchev–Trinajstić information content (AvgIpc) is 2.95. The Morgan fingerprint density at radius 3 is 1.27 bits per heavy atom. The third-order valence-corrected chi connectivity index (χ3v) is 6.83. The maximum Gasteiger partial charge on any atom is 0.326 e. The number of rotatable bonds is 23. The van der Waals surface area contributed by atoms with E-state index in [9.17, 15) is 53.7 Å². The summed E-state index contributed by atoms with van der Waals surface area (Å²) < 4.78 is 0. The molecular weight excluding hydrogens is 636 g/mol. The quantitative estimate of drug-likeness (QED) is 0.0573. The highest BCUT2D eigenvalue weighted by molar-refractivity contribution is 5.96. The highest BCUT2D eigenvalue weighted by Crippen LogP contribution is 2.11. The van der Waals surface area contributed by atoms with Gasteiger partial charge in [0.2, 0.25) is 29.5 Å². The number of carbonyl (C=O) groups is 8. The number of hydrogen-bond acceptors (Lipinski definition) is 10. The molecule has 0 aliphatic carbocycles. The third-order valence-electron chi connectivity index (χ3n) is 6.83. The molecule has 0 aromatic heterocycles. The van der Waals surface area contributed by atoms with Crippen LogP contribution in [0, 0.1) is 17.8 Å². The molecule has 18 nitrogen and oxygen atoms in total. The monoisotopic (exact) mass is 688 g/mol. The van der Waals surface area contributed by atoms with Crippen molar-refractivity contribution in [2.24, 2.45) is 23.5 Å². The maximum atomic E-state index is 13.4. The lowest BCUT2D eigenvalue weighted by Crippen LogP contribution is -2.60.